The fourth-order valence-corrected chi connectivity index (χ4v) is 5.30. The van der Waals surface area contributed by atoms with E-state index in [0.717, 1.165) is 32.1 Å². The quantitative estimate of drug-likeness (QED) is 0.0270. The summed E-state index contributed by atoms with van der Waals surface area (Å²) in [4.78, 5) is 14.2. The van der Waals surface area contributed by atoms with Gasteiger partial charge >= 0.3 is 5.97 Å². The third-order valence-corrected chi connectivity index (χ3v) is 8.33. The number of unbranched alkanes of at least 4 members (excludes halogenated alkanes) is 23. The number of rotatable bonds is 36. The van der Waals surface area contributed by atoms with Gasteiger partial charge in [0, 0.05) is 48.6 Å². The molecule has 0 amide bonds. The van der Waals surface area contributed by atoms with Crippen LogP contribution in [-0.4, -0.2) is 62.2 Å². The van der Waals surface area contributed by atoms with E-state index in [9.17, 15) is 4.79 Å². The van der Waals surface area contributed by atoms with Crippen molar-refractivity contribution in [3.63, 3.8) is 0 Å². The minimum Gasteiger partial charge on any atom is -0.693 e. The van der Waals surface area contributed by atoms with Gasteiger partial charge in [-0.3, -0.25) is 10.1 Å². The molecule has 0 saturated heterocycles. The van der Waals surface area contributed by atoms with Crippen LogP contribution in [0.2, 0.25) is 0 Å². The zero-order valence-electron chi connectivity index (χ0n) is 34.1. The van der Waals surface area contributed by atoms with Crippen LogP contribution >= 0.6 is 0 Å². The van der Waals surface area contributed by atoms with Crippen molar-refractivity contribution in [2.24, 2.45) is 0 Å². The minimum atomic E-state index is -0.659. The molecular formula is C38H92N8O4Pt2-4. The molecule has 12 nitrogen and oxygen atoms in total. The first-order valence-electron chi connectivity index (χ1n) is 20.0. The van der Waals surface area contributed by atoms with E-state index in [1.165, 1.54) is 167 Å². The summed E-state index contributed by atoms with van der Waals surface area (Å²) >= 11 is 0. The monoisotopic (exact) mass is 1110 g/mol. The van der Waals surface area contributed by atoms with E-state index in [4.69, 9.17) is 21.8 Å². The second-order valence-corrected chi connectivity index (χ2v) is 13.0. The van der Waals surface area contributed by atoms with Gasteiger partial charge in [-0.2, -0.15) is 13.1 Å². The summed E-state index contributed by atoms with van der Waals surface area (Å²) < 4.78 is 0. The summed E-state index contributed by atoms with van der Waals surface area (Å²) in [6, 6.07) is 0. The van der Waals surface area contributed by atoms with Crippen LogP contribution in [0, 0.1) is 0 Å². The molecule has 52 heavy (non-hydrogen) atoms. The Morgan fingerprint density at radius 3 is 1.06 bits per heavy atom. The first kappa shape index (κ1) is 73.5. The first-order chi connectivity index (χ1) is 22.6. The number of aliphatic carboxylic acids is 1. The Bertz CT molecular complexity index is 511. The number of carbonyl (C=O) groups is 1. The van der Waals surface area contributed by atoms with Crippen molar-refractivity contribution >= 4 is 5.97 Å². The third kappa shape index (κ3) is 88.0. The van der Waals surface area contributed by atoms with Crippen molar-refractivity contribution in [2.45, 2.75) is 194 Å². The van der Waals surface area contributed by atoms with Crippen LogP contribution in [0.5, 0.6) is 0 Å². The van der Waals surface area contributed by atoms with E-state index < -0.39 is 5.97 Å². The van der Waals surface area contributed by atoms with Gasteiger partial charge in [0.25, 0.3) is 0 Å². The maximum absolute atomic E-state index is 10.2. The van der Waals surface area contributed by atoms with Crippen LogP contribution in [-0.2, 0) is 51.8 Å². The number of nitrogens with one attached hydrogen (secondary N) is 2. The first-order valence-corrected chi connectivity index (χ1v) is 20.0. The van der Waals surface area contributed by atoms with E-state index in [-0.39, 0.29) is 66.7 Å². The third-order valence-electron chi connectivity index (χ3n) is 8.33. The summed E-state index contributed by atoms with van der Waals surface area (Å²) in [6.45, 7) is 11.2. The van der Waals surface area contributed by atoms with Crippen molar-refractivity contribution in [3.8, 4) is 0 Å². The summed E-state index contributed by atoms with van der Waals surface area (Å²) in [6.07, 6.45) is 34.5. The molecule has 0 aromatic heterocycles. The number of hydrogen-bond acceptors (Lipinski definition) is 3. The summed E-state index contributed by atoms with van der Waals surface area (Å²) in [5.41, 5.74) is 14.1. The number of carboxylic acid groups (broad SMARTS) is 1. The molecule has 0 rings (SSSR count). The Kier molecular flexibility index (Phi) is 108. The molecule has 14 heteroatoms. The van der Waals surface area contributed by atoms with Gasteiger partial charge in [-0.25, -0.2) is 4.89 Å². The zero-order chi connectivity index (χ0) is 34.4. The molecule has 0 atom stereocenters. The standard InChI is InChI=1S/C14H32N4.C12H26O2.C12H24O2.4H2N.2Pt/c15-9-5-1-3-7-11-17-13-14-18-12-8-4-2-6-10-16;1-2-3-4-5-6-7-8-9-10-11-12-14-13;1-2-3-4-5-6-7-8-9-10-11-12(13)14;;;;;;/h15-18H,1-14H2;13H,2-12H2,1H3;2-11H2,1H3,(H,13,14);4*1H2;;/q-2;;;4*-1;;/p+2. The van der Waals surface area contributed by atoms with Gasteiger partial charge in [0.15, 0.2) is 0 Å². The van der Waals surface area contributed by atoms with Crippen LogP contribution in [0.4, 0.5) is 0 Å². The molecule has 0 saturated carbocycles. The Labute approximate surface area is 352 Å². The maximum atomic E-state index is 10.2. The van der Waals surface area contributed by atoms with Gasteiger partial charge in [0.05, 0.1) is 19.7 Å². The Hall–Kier alpha value is 0.447. The molecule has 0 fully saturated rings. The maximum Gasteiger partial charge on any atom is 0.303 e. The van der Waals surface area contributed by atoms with Crippen LogP contribution in [0.3, 0.4) is 0 Å². The van der Waals surface area contributed by atoms with Crippen LogP contribution in [0.1, 0.15) is 194 Å². The number of nitrogens with two attached hydrogens (primary N) is 6. The summed E-state index contributed by atoms with van der Waals surface area (Å²) in [5.74, 6) is -0.659. The number of hydrogen-bond donors (Lipinski definition) is 4. The van der Waals surface area contributed by atoms with Gasteiger partial charge in [0.1, 0.15) is 13.1 Å². The molecule has 0 aromatic rings. The fraction of sp³-hybridized carbons (Fsp3) is 0.974. The molecule has 0 aliphatic rings. The molecule has 0 aliphatic heterocycles. The summed E-state index contributed by atoms with van der Waals surface area (Å²) in [5, 5.41) is 21.4. The molecule has 0 aromatic carbocycles. The van der Waals surface area contributed by atoms with E-state index in [2.05, 4.69) is 29.4 Å². The van der Waals surface area contributed by atoms with Crippen molar-refractivity contribution in [3.05, 3.63) is 36.1 Å². The molecule has 0 bridgehead atoms. The zero-order valence-corrected chi connectivity index (χ0v) is 38.6. The fourth-order valence-electron chi connectivity index (χ4n) is 5.30. The minimum absolute atomic E-state index is 0. The smallest absolute Gasteiger partial charge is 0.303 e. The SMILES string of the molecule is CCCCCCCCCCCC(=O)O.CCCCCCCCCCCCOO.[NH-]CCCCCC[NH2+]CC[NH2+]CCCCCC[NH-].[NH2-].[NH2-].[NH2-].[NH2-].[Pt].[Pt]. The largest absolute Gasteiger partial charge is 0.693 e. The average molecular weight is 1120 g/mol. The van der Waals surface area contributed by atoms with Crippen molar-refractivity contribution in [1.82, 2.24) is 0 Å². The van der Waals surface area contributed by atoms with Crippen molar-refractivity contribution < 1.29 is 72.8 Å². The van der Waals surface area contributed by atoms with Crippen molar-refractivity contribution in [1.29, 1.82) is 0 Å². The van der Waals surface area contributed by atoms with Gasteiger partial charge in [-0.15, -0.1) is 0 Å². The van der Waals surface area contributed by atoms with Gasteiger partial charge in [0.2, 0.25) is 0 Å². The Morgan fingerprint density at radius 1 is 0.462 bits per heavy atom. The number of quaternary nitrogens is 2. The van der Waals surface area contributed by atoms with Gasteiger partial charge < -0.3 is 51.8 Å². The second kappa shape index (κ2) is 76.2. The molecule has 0 unspecified atom stereocenters. The van der Waals surface area contributed by atoms with E-state index in [1.54, 1.807) is 0 Å². The van der Waals surface area contributed by atoms with Crippen LogP contribution in [0.25, 0.3) is 36.1 Å². The Balaban J connectivity index is -0.0000000727. The van der Waals surface area contributed by atoms with Crippen LogP contribution < -0.4 is 10.6 Å². The van der Waals surface area contributed by atoms with E-state index >= 15 is 0 Å². The normalized spacial score (nSPS) is 9.48. The van der Waals surface area contributed by atoms with Crippen LogP contribution in [0.15, 0.2) is 0 Å². The number of carboxylic acids is 1. The van der Waals surface area contributed by atoms with Gasteiger partial charge in [-0.05, 0) is 38.5 Å². The molecular weight excluding hydrogens is 1020 g/mol. The molecule has 0 radical (unpaired) electrons. The molecule has 332 valence electrons. The topological polar surface area (TPSA) is 282 Å². The molecule has 0 spiro atoms. The van der Waals surface area contributed by atoms with E-state index in [1.807, 2.05) is 0 Å². The predicted molar refractivity (Wildman–Crippen MR) is 220 cm³/mol. The second-order valence-electron chi connectivity index (χ2n) is 13.0. The molecule has 16 N–H and O–H groups in total. The van der Waals surface area contributed by atoms with Crippen molar-refractivity contribution in [2.75, 3.05) is 45.9 Å². The van der Waals surface area contributed by atoms with E-state index in [0.29, 0.717) is 26.1 Å². The molecule has 0 heterocycles. The Morgan fingerprint density at radius 2 is 0.750 bits per heavy atom. The van der Waals surface area contributed by atoms with Gasteiger partial charge in [-0.1, -0.05) is 149 Å². The predicted octanol–water partition coefficient (Wildman–Crippen LogP) is 12.6. The summed E-state index contributed by atoms with van der Waals surface area (Å²) in [7, 11) is 0. The molecule has 0 aliphatic carbocycles. The average Bonchev–Trinajstić information content (AvgIpc) is 3.05.